The Morgan fingerprint density at radius 1 is 1.11 bits per heavy atom. The fraction of sp³-hybridized carbons (Fsp3) is 0.333. The van der Waals surface area contributed by atoms with Crippen molar-refractivity contribution < 1.29 is 18.0 Å². The number of piperidine rings is 1. The Morgan fingerprint density at radius 2 is 1.78 bits per heavy atom. The molecule has 0 aliphatic carbocycles. The van der Waals surface area contributed by atoms with Gasteiger partial charge in [0.15, 0.2) is 0 Å². The first-order valence-corrected chi connectivity index (χ1v) is 10.9. The molecule has 1 aromatic carbocycles. The van der Waals surface area contributed by atoms with E-state index in [2.05, 4.69) is 10.0 Å². The molecule has 2 amide bonds. The Bertz CT molecular complexity index is 901. The van der Waals surface area contributed by atoms with Gasteiger partial charge in [0.25, 0.3) is 5.91 Å². The monoisotopic (exact) mass is 407 g/mol. The summed E-state index contributed by atoms with van der Waals surface area (Å²) in [6.45, 7) is 1.10. The quantitative estimate of drug-likeness (QED) is 0.794. The smallest absolute Gasteiger partial charge is 0.263 e. The van der Waals surface area contributed by atoms with E-state index >= 15 is 0 Å². The highest BCUT2D eigenvalue weighted by molar-refractivity contribution is 7.89. The molecule has 144 valence electrons. The number of carbonyl (C=O) groups is 2. The van der Waals surface area contributed by atoms with Crippen molar-refractivity contribution in [3.63, 3.8) is 0 Å². The van der Waals surface area contributed by atoms with Crippen LogP contribution in [0.3, 0.4) is 0 Å². The number of anilines is 1. The Morgan fingerprint density at radius 3 is 2.33 bits per heavy atom. The Kier molecular flexibility index (Phi) is 5.93. The first-order chi connectivity index (χ1) is 12.9. The molecule has 0 spiro atoms. The van der Waals surface area contributed by atoms with Crippen molar-refractivity contribution in [1.82, 2.24) is 9.62 Å². The van der Waals surface area contributed by atoms with Gasteiger partial charge in [-0.3, -0.25) is 9.59 Å². The third-order valence-corrected chi connectivity index (χ3v) is 6.87. The van der Waals surface area contributed by atoms with Crippen LogP contribution in [0.2, 0.25) is 0 Å². The second kappa shape index (κ2) is 8.20. The molecule has 2 aromatic rings. The molecule has 2 N–H and O–H groups in total. The van der Waals surface area contributed by atoms with Crippen LogP contribution < -0.4 is 10.0 Å². The van der Waals surface area contributed by atoms with Gasteiger partial charge in [0.1, 0.15) is 0 Å². The number of hydrogen-bond acceptors (Lipinski definition) is 5. The second-order valence-corrected chi connectivity index (χ2v) is 9.10. The summed E-state index contributed by atoms with van der Waals surface area (Å²) in [5.74, 6) is -0.259. The molecular formula is C18H21N3O4S2. The van der Waals surface area contributed by atoms with E-state index in [0.717, 1.165) is 4.88 Å². The van der Waals surface area contributed by atoms with Gasteiger partial charge in [0, 0.05) is 24.7 Å². The average molecular weight is 408 g/mol. The van der Waals surface area contributed by atoms with Crippen molar-refractivity contribution in [2.24, 2.45) is 5.92 Å². The molecule has 1 aliphatic heterocycles. The molecule has 7 nitrogen and oxygen atoms in total. The summed E-state index contributed by atoms with van der Waals surface area (Å²) in [7, 11) is -2.15. The van der Waals surface area contributed by atoms with Crippen molar-refractivity contribution in [2.75, 3.05) is 25.5 Å². The van der Waals surface area contributed by atoms with E-state index in [1.807, 2.05) is 17.5 Å². The highest BCUT2D eigenvalue weighted by Gasteiger charge is 2.28. The largest absolute Gasteiger partial charge is 0.338 e. The van der Waals surface area contributed by atoms with Gasteiger partial charge >= 0.3 is 0 Å². The average Bonchev–Trinajstić information content (AvgIpc) is 3.23. The van der Waals surface area contributed by atoms with E-state index in [1.54, 1.807) is 17.0 Å². The molecule has 9 heteroatoms. The summed E-state index contributed by atoms with van der Waals surface area (Å²) in [6.07, 6.45) is 1.21. The van der Waals surface area contributed by atoms with Crippen LogP contribution in [-0.4, -0.2) is 45.3 Å². The lowest BCUT2D eigenvalue weighted by Crippen LogP contribution is -2.41. The number of rotatable bonds is 5. The fourth-order valence-corrected chi connectivity index (χ4v) is 4.40. The standard InChI is InChI=1S/C18H21N3O4S2/c1-19-27(24,25)15-6-4-14(5-7-15)20-17(22)13-8-10-21(11-9-13)18(23)16-3-2-12-26-16/h2-7,12-13,19H,8-11H2,1H3,(H,20,22). The summed E-state index contributed by atoms with van der Waals surface area (Å²) in [5.41, 5.74) is 0.548. The maximum Gasteiger partial charge on any atom is 0.263 e. The van der Waals surface area contributed by atoms with E-state index in [1.165, 1.54) is 30.5 Å². The normalized spacial score (nSPS) is 15.5. The summed E-state index contributed by atoms with van der Waals surface area (Å²) in [6, 6.07) is 9.69. The SMILES string of the molecule is CNS(=O)(=O)c1ccc(NC(=O)C2CCN(C(=O)c3cccs3)CC2)cc1. The van der Waals surface area contributed by atoms with Crippen LogP contribution in [0, 0.1) is 5.92 Å². The lowest BCUT2D eigenvalue weighted by atomic mass is 9.95. The summed E-state index contributed by atoms with van der Waals surface area (Å²) in [5, 5.41) is 4.70. The summed E-state index contributed by atoms with van der Waals surface area (Å²) < 4.78 is 25.7. The molecule has 1 fully saturated rings. The zero-order valence-electron chi connectivity index (χ0n) is 14.8. The highest BCUT2D eigenvalue weighted by Crippen LogP contribution is 2.22. The van der Waals surface area contributed by atoms with Crippen LogP contribution in [0.1, 0.15) is 22.5 Å². The number of sulfonamides is 1. The minimum atomic E-state index is -3.50. The van der Waals surface area contributed by atoms with Gasteiger partial charge in [-0.25, -0.2) is 13.1 Å². The first-order valence-electron chi connectivity index (χ1n) is 8.58. The minimum Gasteiger partial charge on any atom is -0.338 e. The number of benzene rings is 1. The minimum absolute atomic E-state index is 0.0187. The summed E-state index contributed by atoms with van der Waals surface area (Å²) in [4.78, 5) is 27.5. The topological polar surface area (TPSA) is 95.6 Å². The van der Waals surface area contributed by atoms with Crippen LogP contribution in [-0.2, 0) is 14.8 Å². The van der Waals surface area contributed by atoms with Crippen LogP contribution >= 0.6 is 11.3 Å². The van der Waals surface area contributed by atoms with Crippen LogP contribution in [0.4, 0.5) is 5.69 Å². The van der Waals surface area contributed by atoms with Gasteiger partial charge < -0.3 is 10.2 Å². The van der Waals surface area contributed by atoms with Crippen molar-refractivity contribution in [3.05, 3.63) is 46.7 Å². The van der Waals surface area contributed by atoms with Crippen LogP contribution in [0.25, 0.3) is 0 Å². The number of hydrogen-bond donors (Lipinski definition) is 2. The van der Waals surface area contributed by atoms with Crippen LogP contribution in [0.15, 0.2) is 46.7 Å². The van der Waals surface area contributed by atoms with Crippen molar-refractivity contribution in [3.8, 4) is 0 Å². The Hall–Kier alpha value is -2.23. The van der Waals surface area contributed by atoms with Gasteiger partial charge in [-0.05, 0) is 55.6 Å². The van der Waals surface area contributed by atoms with E-state index in [0.29, 0.717) is 31.6 Å². The molecule has 3 rings (SSSR count). The van der Waals surface area contributed by atoms with Gasteiger partial charge in [-0.15, -0.1) is 11.3 Å². The molecular weight excluding hydrogens is 386 g/mol. The van der Waals surface area contributed by atoms with Gasteiger partial charge in [0.2, 0.25) is 15.9 Å². The maximum atomic E-state index is 12.5. The fourth-order valence-electron chi connectivity index (χ4n) is 2.98. The molecule has 1 aliphatic rings. The predicted octanol–water partition coefficient (Wildman–Crippen LogP) is 2.15. The van der Waals surface area contributed by atoms with Crippen molar-refractivity contribution in [2.45, 2.75) is 17.7 Å². The van der Waals surface area contributed by atoms with Crippen LogP contribution in [0.5, 0.6) is 0 Å². The molecule has 27 heavy (non-hydrogen) atoms. The third-order valence-electron chi connectivity index (χ3n) is 4.59. The zero-order chi connectivity index (χ0) is 19.4. The third kappa shape index (κ3) is 4.55. The molecule has 0 atom stereocenters. The Labute approximate surface area is 162 Å². The molecule has 0 saturated carbocycles. The van der Waals surface area contributed by atoms with Gasteiger partial charge in [-0.2, -0.15) is 0 Å². The summed E-state index contributed by atoms with van der Waals surface area (Å²) >= 11 is 1.42. The number of nitrogens with one attached hydrogen (secondary N) is 2. The second-order valence-electron chi connectivity index (χ2n) is 6.26. The van der Waals surface area contributed by atoms with E-state index in [9.17, 15) is 18.0 Å². The van der Waals surface area contributed by atoms with E-state index in [4.69, 9.17) is 0 Å². The van der Waals surface area contributed by atoms with Gasteiger partial charge in [0.05, 0.1) is 9.77 Å². The lowest BCUT2D eigenvalue weighted by Gasteiger charge is -2.31. The van der Waals surface area contributed by atoms with Crippen molar-refractivity contribution in [1.29, 1.82) is 0 Å². The highest BCUT2D eigenvalue weighted by atomic mass is 32.2. The van der Waals surface area contributed by atoms with Gasteiger partial charge in [-0.1, -0.05) is 6.07 Å². The molecule has 1 aromatic heterocycles. The Balaban J connectivity index is 1.54. The number of likely N-dealkylation sites (tertiary alicyclic amines) is 1. The van der Waals surface area contributed by atoms with E-state index < -0.39 is 10.0 Å². The number of thiophene rings is 1. The number of nitrogens with zero attached hydrogens (tertiary/aromatic N) is 1. The predicted molar refractivity (Wildman–Crippen MR) is 104 cm³/mol. The molecule has 0 unspecified atom stereocenters. The first kappa shape index (κ1) is 19.5. The molecule has 2 heterocycles. The lowest BCUT2D eigenvalue weighted by molar-refractivity contribution is -0.121. The molecule has 0 radical (unpaired) electrons. The number of amides is 2. The maximum absolute atomic E-state index is 12.5. The van der Waals surface area contributed by atoms with E-state index in [-0.39, 0.29) is 22.6 Å². The molecule has 1 saturated heterocycles. The zero-order valence-corrected chi connectivity index (χ0v) is 16.5. The molecule has 0 bridgehead atoms. The van der Waals surface area contributed by atoms with Crippen molar-refractivity contribution >= 4 is 38.9 Å². The number of carbonyl (C=O) groups excluding carboxylic acids is 2.